The van der Waals surface area contributed by atoms with Crippen LogP contribution in [0.4, 0.5) is 0 Å². The van der Waals surface area contributed by atoms with Gasteiger partial charge in [-0.15, -0.1) is 0 Å². The Kier molecular flexibility index (Phi) is 3.82. The van der Waals surface area contributed by atoms with Gasteiger partial charge in [0.25, 0.3) is 0 Å². The van der Waals surface area contributed by atoms with Crippen LogP contribution in [-0.4, -0.2) is 11.7 Å². The highest BCUT2D eigenvalue weighted by Gasteiger charge is 2.14. The Morgan fingerprint density at radius 1 is 1.00 bits per heavy atom. The molecule has 1 aromatic heterocycles. The second-order valence-electron chi connectivity index (χ2n) is 5.42. The van der Waals surface area contributed by atoms with Gasteiger partial charge in [0, 0.05) is 0 Å². The molecule has 0 aliphatic heterocycles. The summed E-state index contributed by atoms with van der Waals surface area (Å²) in [5.41, 5.74) is 1.33. The van der Waals surface area contributed by atoms with Gasteiger partial charge < -0.3 is 14.3 Å². The van der Waals surface area contributed by atoms with Crippen molar-refractivity contribution in [3.63, 3.8) is 0 Å². The van der Waals surface area contributed by atoms with Crippen molar-refractivity contribution < 1.29 is 14.3 Å². The van der Waals surface area contributed by atoms with E-state index in [1.54, 1.807) is 19.9 Å². The third-order valence-electron chi connectivity index (χ3n) is 3.84. The van der Waals surface area contributed by atoms with Crippen LogP contribution in [0.15, 0.2) is 45.6 Å². The standard InChI is InChI=1S/C19H18O4/c1-4-22-15-7-5-13(6-8-15)14-9-16(20)18-11(2)23-12(3)19(18)17(21)10-14/h5-10,20H,4H2,1-3H3. The number of benzene rings is 1. The van der Waals surface area contributed by atoms with E-state index in [-0.39, 0.29) is 11.2 Å². The van der Waals surface area contributed by atoms with E-state index in [1.807, 2.05) is 31.2 Å². The molecule has 2 aromatic carbocycles. The molecule has 1 N–H and O–H groups in total. The second-order valence-corrected chi connectivity index (χ2v) is 5.42. The van der Waals surface area contributed by atoms with Gasteiger partial charge in [-0.3, -0.25) is 4.79 Å². The second kappa shape index (κ2) is 5.80. The lowest BCUT2D eigenvalue weighted by Gasteiger charge is -2.04. The molecule has 1 heterocycles. The highest BCUT2D eigenvalue weighted by Crippen LogP contribution is 2.32. The molecule has 0 amide bonds. The van der Waals surface area contributed by atoms with Gasteiger partial charge >= 0.3 is 0 Å². The lowest BCUT2D eigenvalue weighted by atomic mass is 10.1. The zero-order chi connectivity index (χ0) is 16.6. The monoisotopic (exact) mass is 310 g/mol. The zero-order valence-corrected chi connectivity index (χ0v) is 13.3. The molecule has 0 atom stereocenters. The predicted octanol–water partition coefficient (Wildman–Crippen LogP) is 4.18. The van der Waals surface area contributed by atoms with Crippen LogP contribution < -0.4 is 10.2 Å². The minimum atomic E-state index is -0.168. The molecule has 0 bridgehead atoms. The predicted molar refractivity (Wildman–Crippen MR) is 90.2 cm³/mol. The van der Waals surface area contributed by atoms with Gasteiger partial charge in [-0.05, 0) is 56.2 Å². The Morgan fingerprint density at radius 3 is 2.30 bits per heavy atom. The van der Waals surface area contributed by atoms with Crippen LogP contribution in [0.25, 0.3) is 21.9 Å². The molecular formula is C19H18O4. The van der Waals surface area contributed by atoms with E-state index in [1.165, 1.54) is 6.07 Å². The van der Waals surface area contributed by atoms with Crippen molar-refractivity contribution in [3.8, 4) is 22.6 Å². The number of fused-ring (bicyclic) bond motifs is 1. The lowest BCUT2D eigenvalue weighted by molar-refractivity contribution is 0.340. The van der Waals surface area contributed by atoms with E-state index in [9.17, 15) is 9.90 Å². The van der Waals surface area contributed by atoms with Gasteiger partial charge in [-0.1, -0.05) is 12.1 Å². The van der Waals surface area contributed by atoms with Gasteiger partial charge in [0.15, 0.2) is 5.43 Å². The largest absolute Gasteiger partial charge is 0.507 e. The summed E-state index contributed by atoms with van der Waals surface area (Å²) >= 11 is 0. The van der Waals surface area contributed by atoms with Gasteiger partial charge in [0.2, 0.25) is 0 Å². The Labute approximate surface area is 134 Å². The van der Waals surface area contributed by atoms with Crippen molar-refractivity contribution in [2.24, 2.45) is 0 Å². The fourth-order valence-corrected chi connectivity index (χ4v) is 2.84. The molecule has 0 spiro atoms. The zero-order valence-electron chi connectivity index (χ0n) is 13.3. The Balaban J connectivity index is 2.21. The average molecular weight is 310 g/mol. The first kappa shape index (κ1) is 15.2. The van der Waals surface area contributed by atoms with E-state index in [4.69, 9.17) is 9.15 Å². The molecule has 0 aliphatic carbocycles. The van der Waals surface area contributed by atoms with Gasteiger partial charge in [0.1, 0.15) is 23.0 Å². The normalized spacial score (nSPS) is 10.9. The molecule has 4 nitrogen and oxygen atoms in total. The average Bonchev–Trinajstić information content (AvgIpc) is 2.74. The summed E-state index contributed by atoms with van der Waals surface area (Å²) in [6, 6.07) is 10.6. The third-order valence-corrected chi connectivity index (χ3v) is 3.84. The van der Waals surface area contributed by atoms with Crippen molar-refractivity contribution in [2.75, 3.05) is 6.61 Å². The molecule has 0 saturated carbocycles. The van der Waals surface area contributed by atoms with Crippen LogP contribution in [-0.2, 0) is 0 Å². The third kappa shape index (κ3) is 2.68. The maximum absolute atomic E-state index is 12.5. The molecule has 0 fully saturated rings. The van der Waals surface area contributed by atoms with E-state index in [2.05, 4.69) is 0 Å². The highest BCUT2D eigenvalue weighted by molar-refractivity contribution is 5.92. The summed E-state index contributed by atoms with van der Waals surface area (Å²) in [7, 11) is 0. The maximum atomic E-state index is 12.5. The number of rotatable bonds is 3. The number of aryl methyl sites for hydroxylation is 2. The molecule has 3 aromatic rings. The molecular weight excluding hydrogens is 292 g/mol. The Hall–Kier alpha value is -2.75. The van der Waals surface area contributed by atoms with Crippen LogP contribution in [0.2, 0.25) is 0 Å². The van der Waals surface area contributed by atoms with Crippen molar-refractivity contribution in [2.45, 2.75) is 20.8 Å². The Morgan fingerprint density at radius 2 is 1.65 bits per heavy atom. The summed E-state index contributed by atoms with van der Waals surface area (Å²) in [6.07, 6.45) is 0. The Bertz CT molecular complexity index is 921. The fourth-order valence-electron chi connectivity index (χ4n) is 2.84. The summed E-state index contributed by atoms with van der Waals surface area (Å²) in [6.45, 7) is 5.99. The smallest absolute Gasteiger partial charge is 0.190 e. The summed E-state index contributed by atoms with van der Waals surface area (Å²) in [5.74, 6) is 1.88. The van der Waals surface area contributed by atoms with E-state index >= 15 is 0 Å². The van der Waals surface area contributed by atoms with Crippen molar-refractivity contribution in [1.29, 1.82) is 0 Å². The van der Waals surface area contributed by atoms with Crippen LogP contribution in [0, 0.1) is 13.8 Å². The van der Waals surface area contributed by atoms with Gasteiger partial charge in [0.05, 0.1) is 17.4 Å². The molecule has 0 saturated heterocycles. The molecule has 0 radical (unpaired) electrons. The highest BCUT2D eigenvalue weighted by atomic mass is 16.5. The van der Waals surface area contributed by atoms with Crippen LogP contribution in [0.5, 0.6) is 11.5 Å². The van der Waals surface area contributed by atoms with E-state index in [0.29, 0.717) is 34.5 Å². The fraction of sp³-hybridized carbons (Fsp3) is 0.211. The number of ether oxygens (including phenoxy) is 1. The van der Waals surface area contributed by atoms with Crippen molar-refractivity contribution in [1.82, 2.24) is 0 Å². The SMILES string of the molecule is CCOc1ccc(-c2cc(O)c3c(C)oc(C)c3c(=O)c2)cc1. The number of furan rings is 1. The quantitative estimate of drug-likeness (QED) is 0.788. The lowest BCUT2D eigenvalue weighted by Crippen LogP contribution is -1.96. The summed E-state index contributed by atoms with van der Waals surface area (Å²) in [5, 5.41) is 11.3. The van der Waals surface area contributed by atoms with Crippen LogP contribution in [0.3, 0.4) is 0 Å². The van der Waals surface area contributed by atoms with E-state index < -0.39 is 0 Å². The molecule has 3 rings (SSSR count). The number of hydrogen-bond acceptors (Lipinski definition) is 4. The first-order valence-electron chi connectivity index (χ1n) is 7.51. The van der Waals surface area contributed by atoms with Crippen molar-refractivity contribution in [3.05, 3.63) is 58.1 Å². The molecule has 0 aliphatic rings. The van der Waals surface area contributed by atoms with E-state index in [0.717, 1.165) is 11.3 Å². The van der Waals surface area contributed by atoms with Gasteiger partial charge in [-0.25, -0.2) is 0 Å². The van der Waals surface area contributed by atoms with Crippen LogP contribution in [0.1, 0.15) is 18.4 Å². The first-order valence-corrected chi connectivity index (χ1v) is 7.51. The molecule has 118 valence electrons. The number of hydrogen-bond donors (Lipinski definition) is 1. The minimum absolute atomic E-state index is 0.0420. The first-order chi connectivity index (χ1) is 11.0. The number of aromatic hydroxyl groups is 1. The summed E-state index contributed by atoms with van der Waals surface area (Å²) < 4.78 is 10.9. The molecule has 4 heteroatoms. The molecule has 0 unspecified atom stereocenters. The van der Waals surface area contributed by atoms with Crippen LogP contribution >= 0.6 is 0 Å². The van der Waals surface area contributed by atoms with Gasteiger partial charge in [-0.2, -0.15) is 0 Å². The topological polar surface area (TPSA) is 59.7 Å². The molecule has 23 heavy (non-hydrogen) atoms. The summed E-state index contributed by atoms with van der Waals surface area (Å²) in [4.78, 5) is 12.5. The maximum Gasteiger partial charge on any atom is 0.190 e. The van der Waals surface area contributed by atoms with Crippen molar-refractivity contribution >= 4 is 10.8 Å². The minimum Gasteiger partial charge on any atom is -0.507 e.